The third kappa shape index (κ3) is 13.3. The van der Waals surface area contributed by atoms with Crippen molar-refractivity contribution in [2.45, 2.75) is 0 Å². The van der Waals surface area contributed by atoms with Crippen LogP contribution in [0.5, 0.6) is 0 Å². The van der Waals surface area contributed by atoms with E-state index in [4.69, 9.17) is 4.42 Å². The Bertz CT molecular complexity index is 10600. The van der Waals surface area contributed by atoms with Gasteiger partial charge in [-0.05, 0) is 233 Å². The van der Waals surface area contributed by atoms with E-state index in [2.05, 4.69) is 554 Å². The zero-order valence-electron chi connectivity index (χ0n) is 79.7. The highest BCUT2D eigenvalue weighted by atomic mass is 32.1. The van der Waals surface area contributed by atoms with Gasteiger partial charge in [0.15, 0.2) is 5.58 Å². The Morgan fingerprint density at radius 1 is 0.136 bits per heavy atom. The normalized spacial score (nSPS) is 11.9. The fraction of sp³-hybridized carbons (Fsp3) is 0. The highest BCUT2D eigenvalue weighted by Crippen LogP contribution is 2.48. The standard InChI is InChI=1S/C54H36N2.C48H29N3O.C36H22N2S/c1-5-28-51-47(24-1)48-25-2-6-29-52(48)55(51)45-22-12-20-43(35-45)41-18-10-16-39(33-41)37-14-9-15-38(32-37)40-17-11-19-42(34-40)44-21-13-23-46(36-44)56-53-30-7-3-26-49(53)50-27-4-8-31-54(50)56;1-6-18-40-32(12-1)33-13-2-7-19-41(33)49(40)30-24-26-44-38(28-30)34-14-3-8-20-42(34)50(44)31-25-27-45-39(29-31)35-15-4-9-21-43(35)51(45)46-22-11-17-37-36-16-5-10-23-47(36)52-48(37)46;1-5-15-30-24(10-1)25-11-2-6-16-31(25)37(30)23-20-21-33-29(22-23)26-12-3-7-17-32(26)38(33)34-18-9-14-28-27-13-4-8-19-35(27)39-36(28)34/h1-36H;1-29H;1-22H. The van der Waals surface area contributed by atoms with Crippen LogP contribution in [0.4, 0.5) is 0 Å². The molecule has 0 saturated heterocycles. The van der Waals surface area contributed by atoms with Crippen molar-refractivity contribution in [3.8, 4) is 84.3 Å². The predicted molar refractivity (Wildman–Crippen MR) is 622 cm³/mol. The van der Waals surface area contributed by atoms with Crippen LogP contribution in [0, 0.1) is 0 Å². The van der Waals surface area contributed by atoms with Crippen molar-refractivity contribution in [1.29, 1.82) is 0 Å². The molecule has 32 aromatic rings. The summed E-state index contributed by atoms with van der Waals surface area (Å²) in [5, 5.41) is 22.5. The van der Waals surface area contributed by atoms with Gasteiger partial charge in [0.2, 0.25) is 0 Å². The quantitative estimate of drug-likeness (QED) is 0.127. The van der Waals surface area contributed by atoms with E-state index in [0.29, 0.717) is 0 Å². The summed E-state index contributed by atoms with van der Waals surface area (Å²) in [6, 6.07) is 192. The van der Waals surface area contributed by atoms with Gasteiger partial charge in [-0.2, -0.15) is 0 Å². The molecule has 0 bridgehead atoms. The minimum absolute atomic E-state index is 0.900. The zero-order valence-corrected chi connectivity index (χ0v) is 80.5. The Labute approximate surface area is 848 Å². The van der Waals surface area contributed by atoms with Crippen LogP contribution in [-0.2, 0) is 0 Å². The lowest BCUT2D eigenvalue weighted by Gasteiger charge is -2.12. The molecule has 0 unspecified atom stereocenters. The molecule has 23 aromatic carbocycles. The summed E-state index contributed by atoms with van der Waals surface area (Å²) < 4.78 is 26.0. The van der Waals surface area contributed by atoms with Gasteiger partial charge in [-0.25, -0.2) is 0 Å². The molecule has 0 N–H and O–H groups in total. The van der Waals surface area contributed by atoms with Gasteiger partial charge in [0.1, 0.15) is 5.58 Å². The second kappa shape index (κ2) is 33.7. The van der Waals surface area contributed by atoms with Gasteiger partial charge in [0.05, 0.1) is 93.3 Å². The molecule has 0 aliphatic carbocycles. The molecule has 0 atom stereocenters. The topological polar surface area (TPSA) is 47.6 Å². The summed E-state index contributed by atoms with van der Waals surface area (Å²) in [5.74, 6) is 0. The fourth-order valence-electron chi connectivity index (χ4n) is 24.0. The molecular formula is C138H87N7OS. The maximum absolute atomic E-state index is 6.54. The number of furan rings is 1. The van der Waals surface area contributed by atoms with E-state index >= 15 is 0 Å². The second-order valence-electron chi connectivity index (χ2n) is 38.5. The summed E-state index contributed by atoms with van der Waals surface area (Å²) in [4.78, 5) is 0. The van der Waals surface area contributed by atoms with Crippen LogP contribution in [0.15, 0.2) is 532 Å². The van der Waals surface area contributed by atoms with Crippen molar-refractivity contribution in [3.05, 3.63) is 528 Å². The fourth-order valence-corrected chi connectivity index (χ4v) is 25.2. The minimum Gasteiger partial charge on any atom is -0.454 e. The number of thiophene rings is 1. The second-order valence-corrected chi connectivity index (χ2v) is 39.5. The third-order valence-electron chi connectivity index (χ3n) is 30.4. The monoisotopic (exact) mass is 1890 g/mol. The van der Waals surface area contributed by atoms with Crippen LogP contribution in [0.25, 0.3) is 279 Å². The molecule has 0 amide bonds. The van der Waals surface area contributed by atoms with Crippen LogP contribution in [-0.4, -0.2) is 32.0 Å². The number of fused-ring (bicyclic) bond motifs is 27. The van der Waals surface area contributed by atoms with Gasteiger partial charge in [-0.15, -0.1) is 11.3 Å². The van der Waals surface area contributed by atoms with E-state index in [9.17, 15) is 0 Å². The van der Waals surface area contributed by atoms with Gasteiger partial charge in [0.25, 0.3) is 0 Å². The molecule has 0 aliphatic rings. The first-order valence-corrected chi connectivity index (χ1v) is 51.1. The molecule has 9 aromatic heterocycles. The zero-order chi connectivity index (χ0) is 96.4. The molecule has 0 saturated carbocycles. The molecule has 0 spiro atoms. The molecule has 9 heterocycles. The van der Waals surface area contributed by atoms with Crippen LogP contribution in [0.3, 0.4) is 0 Å². The number of rotatable bonds is 11. The molecule has 0 fully saturated rings. The highest BCUT2D eigenvalue weighted by Gasteiger charge is 2.26. The van der Waals surface area contributed by atoms with Crippen molar-refractivity contribution in [1.82, 2.24) is 32.0 Å². The summed E-state index contributed by atoms with van der Waals surface area (Å²) in [5.41, 5.74) is 36.3. The maximum atomic E-state index is 6.54. The van der Waals surface area contributed by atoms with Crippen molar-refractivity contribution in [2.75, 3.05) is 0 Å². The number of benzene rings is 23. The molecule has 8 nitrogen and oxygen atoms in total. The summed E-state index contributed by atoms with van der Waals surface area (Å²) >= 11 is 1.88. The molecular weight excluding hydrogens is 1800 g/mol. The first-order valence-electron chi connectivity index (χ1n) is 50.3. The first kappa shape index (κ1) is 83.5. The van der Waals surface area contributed by atoms with Crippen molar-refractivity contribution in [2.24, 2.45) is 0 Å². The van der Waals surface area contributed by atoms with Gasteiger partial charge >= 0.3 is 0 Å². The lowest BCUT2D eigenvalue weighted by molar-refractivity contribution is 0.666. The van der Waals surface area contributed by atoms with Crippen LogP contribution in [0.1, 0.15) is 0 Å². The smallest absolute Gasteiger partial charge is 0.159 e. The molecule has 686 valence electrons. The molecule has 9 heteroatoms. The van der Waals surface area contributed by atoms with E-state index in [1.165, 1.54) is 218 Å². The van der Waals surface area contributed by atoms with E-state index < -0.39 is 0 Å². The number of hydrogen-bond acceptors (Lipinski definition) is 2. The lowest BCUT2D eigenvalue weighted by atomic mass is 9.94. The summed E-state index contributed by atoms with van der Waals surface area (Å²) in [6.45, 7) is 0. The summed E-state index contributed by atoms with van der Waals surface area (Å²) in [6.07, 6.45) is 0. The van der Waals surface area contributed by atoms with E-state index in [1.54, 1.807) is 0 Å². The number of hydrogen-bond donors (Lipinski definition) is 0. The Balaban J connectivity index is 0.000000104. The van der Waals surface area contributed by atoms with Crippen molar-refractivity contribution >= 4 is 206 Å². The summed E-state index contributed by atoms with van der Waals surface area (Å²) in [7, 11) is 0. The third-order valence-corrected chi connectivity index (χ3v) is 31.7. The average molecular weight is 1890 g/mol. The van der Waals surface area contributed by atoms with Crippen molar-refractivity contribution in [3.63, 3.8) is 0 Å². The number of nitrogens with zero attached hydrogens (tertiary/aromatic N) is 7. The largest absolute Gasteiger partial charge is 0.454 e. The van der Waals surface area contributed by atoms with E-state index in [-0.39, 0.29) is 0 Å². The van der Waals surface area contributed by atoms with Crippen LogP contribution >= 0.6 is 11.3 Å². The Morgan fingerprint density at radius 3 is 0.701 bits per heavy atom. The number of aromatic nitrogens is 7. The first-order chi connectivity index (χ1) is 72.9. The van der Waals surface area contributed by atoms with Gasteiger partial charge < -0.3 is 36.4 Å². The minimum atomic E-state index is 0.900. The van der Waals surface area contributed by atoms with Crippen LogP contribution < -0.4 is 0 Å². The van der Waals surface area contributed by atoms with Crippen molar-refractivity contribution < 1.29 is 4.42 Å². The van der Waals surface area contributed by atoms with Gasteiger partial charge in [-0.3, -0.25) is 0 Å². The lowest BCUT2D eigenvalue weighted by Crippen LogP contribution is -1.97. The predicted octanol–water partition coefficient (Wildman–Crippen LogP) is 37.7. The highest BCUT2D eigenvalue weighted by molar-refractivity contribution is 7.26. The van der Waals surface area contributed by atoms with E-state index in [0.717, 1.165) is 61.4 Å². The molecule has 0 aliphatic heterocycles. The van der Waals surface area contributed by atoms with Gasteiger partial charge in [0, 0.05) is 130 Å². The average Bonchev–Trinajstić information content (AvgIpc) is 1.57. The molecule has 0 radical (unpaired) electrons. The maximum Gasteiger partial charge on any atom is 0.159 e. The molecule has 32 rings (SSSR count). The Hall–Kier alpha value is -19.3. The van der Waals surface area contributed by atoms with E-state index in [1.807, 2.05) is 17.4 Å². The number of para-hydroxylation sites is 13. The van der Waals surface area contributed by atoms with Crippen LogP contribution in [0.2, 0.25) is 0 Å². The molecule has 147 heavy (non-hydrogen) atoms. The Morgan fingerprint density at radius 2 is 0.361 bits per heavy atom. The Kier molecular flexibility index (Phi) is 19.1. The van der Waals surface area contributed by atoms with Gasteiger partial charge in [-0.1, -0.05) is 340 Å². The SMILES string of the molecule is c1cc(-c2cccc(-c3cccc(-n4c5ccccc5c5ccccc54)c3)c2)cc(-c2cccc(-c3cccc(-n4c5ccccc5c5ccccc54)c3)c2)c1.c1ccc2c(c1)oc1c(-n3c4ccccc4c4cc(-n5c6ccccc6c6cc(-n7c8ccccc8c8ccccc87)ccc65)ccc43)cccc12.c1ccc2c(c1)sc1c(-n3c4ccccc4c4cc(-n5c6ccccc6c6ccccc65)ccc43)cccc12.